The van der Waals surface area contributed by atoms with E-state index in [9.17, 15) is 15.0 Å². The minimum Gasteiger partial charge on any atom is -0.508 e. The van der Waals surface area contributed by atoms with Gasteiger partial charge in [0, 0.05) is 11.1 Å². The van der Waals surface area contributed by atoms with E-state index in [1.54, 1.807) is 12.1 Å². The number of ether oxygens (including phenoxy) is 1. The van der Waals surface area contributed by atoms with Crippen LogP contribution in [-0.2, 0) is 20.4 Å². The van der Waals surface area contributed by atoms with Crippen molar-refractivity contribution in [2.24, 2.45) is 17.8 Å². The summed E-state index contributed by atoms with van der Waals surface area (Å²) >= 11 is 0. The van der Waals surface area contributed by atoms with Gasteiger partial charge in [-0.25, -0.2) is 0 Å². The number of rotatable bonds is 5. The van der Waals surface area contributed by atoms with Crippen LogP contribution in [0, 0.1) is 17.8 Å². The highest BCUT2D eigenvalue weighted by atomic mass is 16.5. The fraction of sp³-hybridized carbons (Fsp3) is 0.720. The van der Waals surface area contributed by atoms with Crippen molar-refractivity contribution in [3.05, 3.63) is 23.3 Å². The molecule has 1 atom stereocenters. The molecule has 4 nitrogen and oxygen atoms in total. The summed E-state index contributed by atoms with van der Waals surface area (Å²) < 4.78 is 4.84. The lowest BCUT2D eigenvalue weighted by atomic mass is 9.71. The molecule has 0 amide bonds. The fourth-order valence-corrected chi connectivity index (χ4v) is 3.34. The van der Waals surface area contributed by atoms with E-state index in [4.69, 9.17) is 4.74 Å². The Morgan fingerprint density at radius 3 is 1.66 bits per heavy atom. The molecular formula is C25H42O4. The molecule has 0 bridgehead atoms. The minimum absolute atomic E-state index is 0.00347. The number of carbonyl (C=O) groups excluding carboxylic acids is 1. The van der Waals surface area contributed by atoms with E-state index in [0.29, 0.717) is 18.4 Å². The van der Waals surface area contributed by atoms with E-state index < -0.39 is 0 Å². The van der Waals surface area contributed by atoms with Gasteiger partial charge < -0.3 is 14.9 Å². The van der Waals surface area contributed by atoms with E-state index in [1.165, 1.54) is 0 Å². The highest BCUT2D eigenvalue weighted by Crippen LogP contribution is 2.44. The van der Waals surface area contributed by atoms with Gasteiger partial charge in [-0.15, -0.1) is 0 Å². The number of hydrogen-bond donors (Lipinski definition) is 2. The van der Waals surface area contributed by atoms with Crippen LogP contribution in [0.3, 0.4) is 0 Å². The zero-order chi connectivity index (χ0) is 22.6. The van der Waals surface area contributed by atoms with Crippen LogP contribution in [0.4, 0.5) is 0 Å². The second-order valence-electron chi connectivity index (χ2n) is 10.1. The van der Waals surface area contributed by atoms with Crippen LogP contribution in [0.5, 0.6) is 11.5 Å². The SMILES string of the molecule is CC(C)C(C)(C)c1cc(O)c(C(C)(C)C(C)C)cc1O.CCC1CCCOC1=O. The monoisotopic (exact) mass is 406 g/mol. The van der Waals surface area contributed by atoms with Gasteiger partial charge in [-0.05, 0) is 54.1 Å². The summed E-state index contributed by atoms with van der Waals surface area (Å²) in [6, 6.07) is 3.49. The van der Waals surface area contributed by atoms with Crippen molar-refractivity contribution in [3.8, 4) is 11.5 Å². The summed E-state index contributed by atoms with van der Waals surface area (Å²) in [6.07, 6.45) is 3.00. The summed E-state index contributed by atoms with van der Waals surface area (Å²) in [6.45, 7) is 19.6. The Morgan fingerprint density at radius 2 is 1.38 bits per heavy atom. The first-order valence-corrected chi connectivity index (χ1v) is 11.0. The lowest BCUT2D eigenvalue weighted by molar-refractivity contribution is -0.152. The van der Waals surface area contributed by atoms with Gasteiger partial charge in [0.15, 0.2) is 0 Å². The van der Waals surface area contributed by atoms with Crippen molar-refractivity contribution >= 4 is 5.97 Å². The van der Waals surface area contributed by atoms with E-state index in [2.05, 4.69) is 55.4 Å². The standard InChI is InChI=1S/C18H30O2.C7H12O2/c1-11(2)17(5,6)13-9-16(20)14(10-15(13)19)18(7,8)12(3)4;1-2-6-4-3-5-9-7(6)8/h9-12,19-20H,1-8H3;6H,2-5H2,1H3. The second-order valence-corrected chi connectivity index (χ2v) is 10.1. The predicted molar refractivity (Wildman–Crippen MR) is 119 cm³/mol. The van der Waals surface area contributed by atoms with Crippen molar-refractivity contribution in [1.29, 1.82) is 0 Å². The van der Waals surface area contributed by atoms with Crippen LogP contribution in [0.15, 0.2) is 12.1 Å². The topological polar surface area (TPSA) is 66.8 Å². The zero-order valence-electron chi connectivity index (χ0n) is 19.9. The molecule has 1 aliphatic heterocycles. The van der Waals surface area contributed by atoms with Gasteiger partial charge in [-0.3, -0.25) is 4.79 Å². The van der Waals surface area contributed by atoms with Crippen LogP contribution < -0.4 is 0 Å². The average Bonchev–Trinajstić information content (AvgIpc) is 2.63. The summed E-state index contributed by atoms with van der Waals surface area (Å²) in [5.41, 5.74) is 1.27. The highest BCUT2D eigenvalue weighted by molar-refractivity contribution is 5.72. The summed E-state index contributed by atoms with van der Waals surface area (Å²) in [4.78, 5) is 10.8. The maximum absolute atomic E-state index is 10.8. The van der Waals surface area contributed by atoms with Crippen LogP contribution in [-0.4, -0.2) is 22.8 Å². The first kappa shape index (κ1) is 25.3. The number of benzene rings is 1. The molecule has 0 spiro atoms. The molecule has 1 aliphatic rings. The first-order valence-electron chi connectivity index (χ1n) is 11.0. The number of phenolic OH excluding ortho intramolecular Hbond substituents is 2. The molecule has 1 unspecified atom stereocenters. The molecule has 0 saturated carbocycles. The zero-order valence-corrected chi connectivity index (χ0v) is 19.9. The third-order valence-corrected chi connectivity index (χ3v) is 7.16. The molecule has 1 aromatic rings. The van der Waals surface area contributed by atoms with Gasteiger partial charge in [0.05, 0.1) is 12.5 Å². The molecule has 0 aromatic heterocycles. The third kappa shape index (κ3) is 5.90. The van der Waals surface area contributed by atoms with Crippen LogP contribution in [0.25, 0.3) is 0 Å². The molecule has 0 radical (unpaired) electrons. The lowest BCUT2D eigenvalue weighted by Gasteiger charge is -2.34. The smallest absolute Gasteiger partial charge is 0.308 e. The molecule has 1 saturated heterocycles. The first-order chi connectivity index (χ1) is 13.3. The Balaban J connectivity index is 0.000000387. The summed E-state index contributed by atoms with van der Waals surface area (Å²) in [5.74, 6) is 1.51. The van der Waals surface area contributed by atoms with Crippen LogP contribution >= 0.6 is 0 Å². The average molecular weight is 407 g/mol. The summed E-state index contributed by atoms with van der Waals surface area (Å²) in [5, 5.41) is 20.9. The number of aromatic hydroxyl groups is 2. The molecule has 2 rings (SSSR count). The van der Waals surface area contributed by atoms with E-state index in [0.717, 1.165) is 30.4 Å². The minimum atomic E-state index is -0.179. The largest absolute Gasteiger partial charge is 0.508 e. The molecular weight excluding hydrogens is 364 g/mol. The van der Waals surface area contributed by atoms with Crippen molar-refractivity contribution in [3.63, 3.8) is 0 Å². The number of hydrogen-bond acceptors (Lipinski definition) is 4. The second kappa shape index (κ2) is 9.86. The van der Waals surface area contributed by atoms with E-state index >= 15 is 0 Å². The molecule has 1 aromatic carbocycles. The molecule has 29 heavy (non-hydrogen) atoms. The van der Waals surface area contributed by atoms with Gasteiger partial charge in [0.2, 0.25) is 0 Å². The summed E-state index contributed by atoms with van der Waals surface area (Å²) in [7, 11) is 0. The Bertz CT molecular complexity index is 641. The molecule has 166 valence electrons. The number of carbonyl (C=O) groups is 1. The quantitative estimate of drug-likeness (QED) is 0.444. The van der Waals surface area contributed by atoms with E-state index in [1.807, 2.05) is 6.92 Å². The van der Waals surface area contributed by atoms with E-state index in [-0.39, 0.29) is 34.2 Å². The molecule has 1 fully saturated rings. The number of phenols is 2. The molecule has 0 aliphatic carbocycles. The Hall–Kier alpha value is -1.71. The van der Waals surface area contributed by atoms with Crippen molar-refractivity contribution in [2.45, 2.75) is 92.4 Å². The van der Waals surface area contributed by atoms with Gasteiger partial charge in [-0.2, -0.15) is 0 Å². The maximum Gasteiger partial charge on any atom is 0.308 e. The maximum atomic E-state index is 10.8. The van der Waals surface area contributed by atoms with Crippen LogP contribution in [0.2, 0.25) is 0 Å². The lowest BCUT2D eigenvalue weighted by Crippen LogP contribution is -2.27. The Labute approximate surface area is 177 Å². The number of esters is 1. The van der Waals surface area contributed by atoms with Crippen molar-refractivity contribution < 1.29 is 19.7 Å². The Morgan fingerprint density at radius 1 is 0.966 bits per heavy atom. The van der Waals surface area contributed by atoms with Gasteiger partial charge in [-0.1, -0.05) is 62.3 Å². The molecule has 2 N–H and O–H groups in total. The van der Waals surface area contributed by atoms with Gasteiger partial charge in [0.25, 0.3) is 0 Å². The van der Waals surface area contributed by atoms with Crippen molar-refractivity contribution in [1.82, 2.24) is 0 Å². The van der Waals surface area contributed by atoms with Crippen molar-refractivity contribution in [2.75, 3.05) is 6.61 Å². The van der Waals surface area contributed by atoms with Gasteiger partial charge in [0.1, 0.15) is 11.5 Å². The fourth-order valence-electron chi connectivity index (χ4n) is 3.34. The molecule has 1 heterocycles. The molecule has 4 heteroatoms. The predicted octanol–water partition coefficient (Wildman–Crippen LogP) is 6.31. The normalized spacial score (nSPS) is 17.8. The highest BCUT2D eigenvalue weighted by Gasteiger charge is 2.33. The van der Waals surface area contributed by atoms with Gasteiger partial charge >= 0.3 is 5.97 Å². The number of cyclic esters (lactones) is 1. The Kier molecular flexibility index (Phi) is 8.61. The van der Waals surface area contributed by atoms with Crippen LogP contribution in [0.1, 0.15) is 92.7 Å². The third-order valence-electron chi connectivity index (χ3n) is 7.16.